The third-order valence-corrected chi connectivity index (χ3v) is 3.46. The smallest absolute Gasteiger partial charge is 0.0478 e. The first-order valence-electron chi connectivity index (χ1n) is 8.02. The molecule has 0 atom stereocenters. The van der Waals surface area contributed by atoms with Gasteiger partial charge in [0, 0.05) is 25.8 Å². The van der Waals surface area contributed by atoms with Crippen molar-refractivity contribution in [2.75, 3.05) is 39.9 Å². The van der Waals surface area contributed by atoms with Crippen molar-refractivity contribution >= 4 is 0 Å². The summed E-state index contributed by atoms with van der Waals surface area (Å²) in [4.78, 5) is 2.36. The molecule has 0 amide bonds. The van der Waals surface area contributed by atoms with Crippen LogP contribution in [-0.4, -0.2) is 50.8 Å². The highest BCUT2D eigenvalue weighted by Gasteiger charge is 2.01. The lowest BCUT2D eigenvalue weighted by atomic mass is 10.1. The van der Waals surface area contributed by atoms with Crippen LogP contribution in [0.4, 0.5) is 0 Å². The molecular weight excluding hydrogens is 236 g/mol. The van der Waals surface area contributed by atoms with Gasteiger partial charge in [-0.05, 0) is 65.6 Å². The fraction of sp³-hybridized carbons (Fsp3) is 1.00. The van der Waals surface area contributed by atoms with Gasteiger partial charge in [0.05, 0.1) is 0 Å². The number of nitrogens with zero attached hydrogens (tertiary/aromatic N) is 1. The summed E-state index contributed by atoms with van der Waals surface area (Å²) in [5.41, 5.74) is 0. The van der Waals surface area contributed by atoms with Gasteiger partial charge in [-0.3, -0.25) is 0 Å². The van der Waals surface area contributed by atoms with Crippen molar-refractivity contribution in [3.8, 4) is 0 Å². The Bertz CT molecular complexity index is 184. The Morgan fingerprint density at radius 3 is 2.21 bits per heavy atom. The first kappa shape index (κ1) is 18.9. The zero-order valence-electron chi connectivity index (χ0n) is 13.9. The molecule has 0 aliphatic carbocycles. The van der Waals surface area contributed by atoms with Gasteiger partial charge in [-0.1, -0.05) is 13.8 Å². The minimum absolute atomic E-state index is 0.634. The van der Waals surface area contributed by atoms with E-state index in [-0.39, 0.29) is 0 Å². The van der Waals surface area contributed by atoms with Gasteiger partial charge in [-0.2, -0.15) is 0 Å². The third kappa shape index (κ3) is 14.1. The van der Waals surface area contributed by atoms with E-state index < -0.39 is 0 Å². The van der Waals surface area contributed by atoms with Gasteiger partial charge >= 0.3 is 0 Å². The normalized spacial score (nSPS) is 12.0. The van der Waals surface area contributed by atoms with Crippen LogP contribution >= 0.6 is 0 Å². The van der Waals surface area contributed by atoms with Crippen LogP contribution in [0.3, 0.4) is 0 Å². The summed E-state index contributed by atoms with van der Waals surface area (Å²) < 4.78 is 5.64. The molecule has 19 heavy (non-hydrogen) atoms. The highest BCUT2D eigenvalue weighted by atomic mass is 16.5. The van der Waals surface area contributed by atoms with E-state index in [2.05, 4.69) is 45.0 Å². The van der Waals surface area contributed by atoms with Gasteiger partial charge < -0.3 is 15.0 Å². The lowest BCUT2D eigenvalue weighted by Crippen LogP contribution is -2.28. The SMILES string of the molecule is CC(C)CCCNCCCOCCCN(C)C(C)C. The van der Waals surface area contributed by atoms with Crippen molar-refractivity contribution in [1.29, 1.82) is 0 Å². The Labute approximate surface area is 121 Å². The Morgan fingerprint density at radius 1 is 0.947 bits per heavy atom. The van der Waals surface area contributed by atoms with E-state index in [0.29, 0.717) is 6.04 Å². The molecule has 3 heteroatoms. The maximum absolute atomic E-state index is 5.64. The summed E-state index contributed by atoms with van der Waals surface area (Å²) in [5, 5.41) is 3.48. The molecule has 0 radical (unpaired) electrons. The lowest BCUT2D eigenvalue weighted by Gasteiger charge is -2.20. The Morgan fingerprint density at radius 2 is 1.58 bits per heavy atom. The molecule has 3 nitrogen and oxygen atoms in total. The van der Waals surface area contributed by atoms with E-state index in [1.54, 1.807) is 0 Å². The Hall–Kier alpha value is -0.120. The number of hydrogen-bond donors (Lipinski definition) is 1. The van der Waals surface area contributed by atoms with Crippen molar-refractivity contribution in [1.82, 2.24) is 10.2 Å². The molecule has 0 fully saturated rings. The molecule has 0 saturated carbocycles. The molecule has 0 aromatic heterocycles. The largest absolute Gasteiger partial charge is 0.381 e. The summed E-state index contributed by atoms with van der Waals surface area (Å²) >= 11 is 0. The molecule has 1 N–H and O–H groups in total. The van der Waals surface area contributed by atoms with Crippen molar-refractivity contribution in [2.45, 2.75) is 59.4 Å². The second-order valence-corrected chi connectivity index (χ2v) is 6.18. The highest BCUT2D eigenvalue weighted by Crippen LogP contribution is 2.01. The van der Waals surface area contributed by atoms with Crippen molar-refractivity contribution in [2.24, 2.45) is 5.92 Å². The monoisotopic (exact) mass is 272 g/mol. The molecule has 0 unspecified atom stereocenters. The van der Waals surface area contributed by atoms with Crippen LogP contribution in [0, 0.1) is 5.92 Å². The lowest BCUT2D eigenvalue weighted by molar-refractivity contribution is 0.118. The summed E-state index contributed by atoms with van der Waals surface area (Å²) in [7, 11) is 2.17. The number of hydrogen-bond acceptors (Lipinski definition) is 3. The van der Waals surface area contributed by atoms with Crippen molar-refractivity contribution in [3.05, 3.63) is 0 Å². The molecular formula is C16H36N2O. The van der Waals surface area contributed by atoms with Crippen LogP contribution < -0.4 is 5.32 Å². The molecule has 116 valence electrons. The molecule has 0 aromatic carbocycles. The topological polar surface area (TPSA) is 24.5 Å². The predicted molar refractivity (Wildman–Crippen MR) is 84.8 cm³/mol. The molecule has 0 heterocycles. The van der Waals surface area contributed by atoms with E-state index in [1.165, 1.54) is 12.8 Å². The molecule has 0 spiro atoms. The van der Waals surface area contributed by atoms with Gasteiger partial charge in [0.1, 0.15) is 0 Å². The van der Waals surface area contributed by atoms with Crippen molar-refractivity contribution < 1.29 is 4.74 Å². The average molecular weight is 272 g/mol. The van der Waals surface area contributed by atoms with Crippen LogP contribution in [0.25, 0.3) is 0 Å². The van der Waals surface area contributed by atoms with Gasteiger partial charge in [-0.15, -0.1) is 0 Å². The Balaban J connectivity index is 3.07. The van der Waals surface area contributed by atoms with Gasteiger partial charge in [-0.25, -0.2) is 0 Å². The molecule has 0 aliphatic rings. The Kier molecular flexibility index (Phi) is 12.8. The van der Waals surface area contributed by atoms with E-state index in [0.717, 1.165) is 51.6 Å². The summed E-state index contributed by atoms with van der Waals surface area (Å²) in [6, 6.07) is 0.634. The van der Waals surface area contributed by atoms with Gasteiger partial charge in [0.25, 0.3) is 0 Å². The molecule has 0 aromatic rings. The number of ether oxygens (including phenoxy) is 1. The fourth-order valence-corrected chi connectivity index (χ4v) is 1.84. The minimum atomic E-state index is 0.634. The number of nitrogens with one attached hydrogen (secondary N) is 1. The zero-order chi connectivity index (χ0) is 14.5. The van der Waals surface area contributed by atoms with Crippen LogP contribution in [-0.2, 0) is 4.74 Å². The van der Waals surface area contributed by atoms with Crippen LogP contribution in [0.15, 0.2) is 0 Å². The quantitative estimate of drug-likeness (QED) is 0.521. The van der Waals surface area contributed by atoms with E-state index in [1.807, 2.05) is 0 Å². The summed E-state index contributed by atoms with van der Waals surface area (Å²) in [5.74, 6) is 0.828. The van der Waals surface area contributed by atoms with Crippen LogP contribution in [0.1, 0.15) is 53.4 Å². The predicted octanol–water partition coefficient (Wildman–Crippen LogP) is 3.15. The van der Waals surface area contributed by atoms with Crippen LogP contribution in [0.2, 0.25) is 0 Å². The molecule has 0 rings (SSSR count). The van der Waals surface area contributed by atoms with Gasteiger partial charge in [0.2, 0.25) is 0 Å². The van der Waals surface area contributed by atoms with E-state index in [4.69, 9.17) is 4.74 Å². The summed E-state index contributed by atoms with van der Waals surface area (Å²) in [6.45, 7) is 14.2. The zero-order valence-corrected chi connectivity index (χ0v) is 13.9. The van der Waals surface area contributed by atoms with E-state index in [9.17, 15) is 0 Å². The third-order valence-electron chi connectivity index (χ3n) is 3.46. The average Bonchev–Trinajstić information content (AvgIpc) is 2.35. The molecule has 0 saturated heterocycles. The fourth-order valence-electron chi connectivity index (χ4n) is 1.84. The highest BCUT2D eigenvalue weighted by molar-refractivity contribution is 4.56. The maximum atomic E-state index is 5.64. The van der Waals surface area contributed by atoms with Gasteiger partial charge in [0.15, 0.2) is 0 Å². The summed E-state index contributed by atoms with van der Waals surface area (Å²) in [6.07, 6.45) is 4.88. The number of rotatable bonds is 13. The first-order valence-corrected chi connectivity index (χ1v) is 8.02. The first-order chi connectivity index (χ1) is 9.04. The second-order valence-electron chi connectivity index (χ2n) is 6.18. The minimum Gasteiger partial charge on any atom is -0.381 e. The van der Waals surface area contributed by atoms with E-state index >= 15 is 0 Å². The van der Waals surface area contributed by atoms with Crippen molar-refractivity contribution in [3.63, 3.8) is 0 Å². The standard InChI is InChI=1S/C16H36N2O/c1-15(2)9-6-10-17-11-7-13-19-14-8-12-18(5)16(3)4/h15-17H,6-14H2,1-5H3. The van der Waals surface area contributed by atoms with Crippen LogP contribution in [0.5, 0.6) is 0 Å². The molecule has 0 bridgehead atoms. The molecule has 0 aliphatic heterocycles. The maximum Gasteiger partial charge on any atom is 0.0478 e. The second kappa shape index (κ2) is 12.9.